The van der Waals surface area contributed by atoms with Gasteiger partial charge in [0.15, 0.2) is 0 Å². The maximum atomic E-state index is 11.8. The quantitative estimate of drug-likeness (QED) is 0.513. The number of Topliss-reactive ketones (excluding diaryl/α,β-unsaturated/α-hetero) is 1. The maximum Gasteiger partial charge on any atom is 0.133 e. The zero-order chi connectivity index (χ0) is 12.4. The Morgan fingerprint density at radius 3 is 1.56 bits per heavy atom. The first-order chi connectivity index (χ1) is 7.60. The van der Waals surface area contributed by atoms with Crippen LogP contribution in [0.2, 0.25) is 0 Å². The van der Waals surface area contributed by atoms with Crippen molar-refractivity contribution in [3.63, 3.8) is 0 Å². The van der Waals surface area contributed by atoms with Gasteiger partial charge in [0, 0.05) is 12.8 Å². The van der Waals surface area contributed by atoms with E-state index in [2.05, 4.69) is 27.7 Å². The predicted molar refractivity (Wildman–Crippen MR) is 71.6 cm³/mol. The lowest BCUT2D eigenvalue weighted by Gasteiger charge is -2.13. The second-order valence-electron chi connectivity index (χ2n) is 5.44. The molecule has 1 heteroatoms. The van der Waals surface area contributed by atoms with E-state index in [1.54, 1.807) is 0 Å². The Bertz CT molecular complexity index is 156. The Labute approximate surface area is 102 Å². The van der Waals surface area contributed by atoms with Crippen molar-refractivity contribution in [1.29, 1.82) is 0 Å². The molecule has 2 atom stereocenters. The van der Waals surface area contributed by atoms with Crippen molar-refractivity contribution >= 4 is 5.78 Å². The van der Waals surface area contributed by atoms with Crippen LogP contribution in [0.3, 0.4) is 0 Å². The predicted octanol–water partition coefficient (Wildman–Crippen LogP) is 4.99. The van der Waals surface area contributed by atoms with Crippen LogP contribution < -0.4 is 0 Å². The molecule has 0 saturated heterocycles. The van der Waals surface area contributed by atoms with Crippen LogP contribution in [0.4, 0.5) is 0 Å². The number of carbonyl (C=O) groups is 1. The standard InChI is InChI=1S/C15H30O/c1-5-7-9-13(3)11-15(16)12-14(4)10-8-6-2/h13-14H,5-12H2,1-4H3. The molecule has 16 heavy (non-hydrogen) atoms. The molecule has 0 bridgehead atoms. The van der Waals surface area contributed by atoms with Crippen molar-refractivity contribution in [3.05, 3.63) is 0 Å². The molecule has 2 unspecified atom stereocenters. The number of hydrogen-bond donors (Lipinski definition) is 0. The minimum atomic E-state index is 0.479. The lowest BCUT2D eigenvalue weighted by molar-refractivity contribution is -0.120. The molecule has 1 nitrogen and oxygen atoms in total. The van der Waals surface area contributed by atoms with Crippen LogP contribution in [0.15, 0.2) is 0 Å². The SMILES string of the molecule is CCCCC(C)CC(=O)CC(C)CCCC. The van der Waals surface area contributed by atoms with E-state index < -0.39 is 0 Å². The second-order valence-corrected chi connectivity index (χ2v) is 5.44. The Kier molecular flexibility index (Phi) is 9.66. The minimum absolute atomic E-state index is 0.479. The van der Waals surface area contributed by atoms with Gasteiger partial charge in [-0.05, 0) is 11.8 Å². The Balaban J connectivity index is 3.63. The molecule has 0 aliphatic heterocycles. The fraction of sp³-hybridized carbons (Fsp3) is 0.933. The molecule has 0 heterocycles. The summed E-state index contributed by atoms with van der Waals surface area (Å²) in [7, 11) is 0. The van der Waals surface area contributed by atoms with E-state index in [1.807, 2.05) is 0 Å². The summed E-state index contributed by atoms with van der Waals surface area (Å²) in [5, 5.41) is 0. The van der Waals surface area contributed by atoms with E-state index in [9.17, 15) is 4.79 Å². The molecule has 0 radical (unpaired) electrons. The molecule has 0 aromatic carbocycles. The van der Waals surface area contributed by atoms with Gasteiger partial charge < -0.3 is 0 Å². The highest BCUT2D eigenvalue weighted by Crippen LogP contribution is 2.17. The third-order valence-electron chi connectivity index (χ3n) is 3.25. The normalized spacial score (nSPS) is 14.8. The highest BCUT2D eigenvalue weighted by atomic mass is 16.1. The van der Waals surface area contributed by atoms with Crippen LogP contribution in [0.5, 0.6) is 0 Å². The number of carbonyl (C=O) groups excluding carboxylic acids is 1. The second kappa shape index (κ2) is 9.86. The fourth-order valence-corrected chi connectivity index (χ4v) is 2.17. The van der Waals surface area contributed by atoms with Crippen LogP contribution >= 0.6 is 0 Å². The third kappa shape index (κ3) is 8.94. The first-order valence-corrected chi connectivity index (χ1v) is 7.11. The van der Waals surface area contributed by atoms with Crippen molar-refractivity contribution in [3.8, 4) is 0 Å². The molecule has 0 spiro atoms. The Hall–Kier alpha value is -0.330. The minimum Gasteiger partial charge on any atom is -0.300 e. The van der Waals surface area contributed by atoms with Gasteiger partial charge in [-0.3, -0.25) is 4.79 Å². The average Bonchev–Trinajstić information content (AvgIpc) is 2.23. The molecule has 0 N–H and O–H groups in total. The van der Waals surface area contributed by atoms with Crippen molar-refractivity contribution in [2.24, 2.45) is 11.8 Å². The molecule has 0 aromatic rings. The van der Waals surface area contributed by atoms with Gasteiger partial charge in [0.05, 0.1) is 0 Å². The van der Waals surface area contributed by atoms with Gasteiger partial charge in [-0.2, -0.15) is 0 Å². The smallest absolute Gasteiger partial charge is 0.133 e. The lowest BCUT2D eigenvalue weighted by atomic mass is 9.92. The number of unbranched alkanes of at least 4 members (excludes halogenated alkanes) is 2. The van der Waals surface area contributed by atoms with E-state index in [1.165, 1.54) is 38.5 Å². The van der Waals surface area contributed by atoms with Crippen LogP contribution in [0.25, 0.3) is 0 Å². The molecular formula is C15H30O. The van der Waals surface area contributed by atoms with E-state index in [4.69, 9.17) is 0 Å². The maximum absolute atomic E-state index is 11.8. The van der Waals surface area contributed by atoms with Crippen LogP contribution in [0.1, 0.15) is 79.1 Å². The van der Waals surface area contributed by atoms with Crippen LogP contribution in [-0.2, 0) is 4.79 Å². The van der Waals surface area contributed by atoms with Crippen LogP contribution in [-0.4, -0.2) is 5.78 Å². The first-order valence-electron chi connectivity index (χ1n) is 7.11. The van der Waals surface area contributed by atoms with Gasteiger partial charge in [-0.1, -0.05) is 66.2 Å². The van der Waals surface area contributed by atoms with Crippen molar-refractivity contribution in [2.45, 2.75) is 79.1 Å². The third-order valence-corrected chi connectivity index (χ3v) is 3.25. The zero-order valence-electron chi connectivity index (χ0n) is 11.7. The highest BCUT2D eigenvalue weighted by Gasteiger charge is 2.12. The molecule has 0 aliphatic carbocycles. The Morgan fingerprint density at radius 2 is 1.25 bits per heavy atom. The Morgan fingerprint density at radius 1 is 0.875 bits per heavy atom. The fourth-order valence-electron chi connectivity index (χ4n) is 2.17. The number of ketones is 1. The van der Waals surface area contributed by atoms with Crippen molar-refractivity contribution in [2.75, 3.05) is 0 Å². The van der Waals surface area contributed by atoms with E-state index in [-0.39, 0.29) is 0 Å². The molecule has 0 amide bonds. The summed E-state index contributed by atoms with van der Waals surface area (Å²) >= 11 is 0. The summed E-state index contributed by atoms with van der Waals surface area (Å²) in [5.41, 5.74) is 0. The summed E-state index contributed by atoms with van der Waals surface area (Å²) < 4.78 is 0. The summed E-state index contributed by atoms with van der Waals surface area (Å²) in [5.74, 6) is 1.66. The largest absolute Gasteiger partial charge is 0.300 e. The number of rotatable bonds is 10. The van der Waals surface area contributed by atoms with E-state index in [0.29, 0.717) is 17.6 Å². The van der Waals surface area contributed by atoms with Gasteiger partial charge in [0.25, 0.3) is 0 Å². The molecule has 0 aliphatic rings. The monoisotopic (exact) mass is 226 g/mol. The summed E-state index contributed by atoms with van der Waals surface area (Å²) in [6.07, 6.45) is 9.04. The average molecular weight is 226 g/mol. The molecule has 96 valence electrons. The van der Waals surface area contributed by atoms with Crippen molar-refractivity contribution in [1.82, 2.24) is 0 Å². The van der Waals surface area contributed by atoms with Crippen molar-refractivity contribution < 1.29 is 4.79 Å². The van der Waals surface area contributed by atoms with Crippen LogP contribution in [0, 0.1) is 11.8 Å². The summed E-state index contributed by atoms with van der Waals surface area (Å²) in [6.45, 7) is 8.84. The van der Waals surface area contributed by atoms with Gasteiger partial charge in [-0.15, -0.1) is 0 Å². The number of hydrogen-bond acceptors (Lipinski definition) is 1. The molecular weight excluding hydrogens is 196 g/mol. The van der Waals surface area contributed by atoms with Gasteiger partial charge >= 0.3 is 0 Å². The highest BCUT2D eigenvalue weighted by molar-refractivity contribution is 5.78. The molecule has 0 fully saturated rings. The topological polar surface area (TPSA) is 17.1 Å². The zero-order valence-corrected chi connectivity index (χ0v) is 11.7. The van der Waals surface area contributed by atoms with E-state index in [0.717, 1.165) is 12.8 Å². The lowest BCUT2D eigenvalue weighted by Crippen LogP contribution is -2.10. The first kappa shape index (κ1) is 15.7. The molecule has 0 rings (SSSR count). The van der Waals surface area contributed by atoms with Gasteiger partial charge in [0.2, 0.25) is 0 Å². The molecule has 0 saturated carbocycles. The summed E-state index contributed by atoms with van der Waals surface area (Å²) in [6, 6.07) is 0. The van der Waals surface area contributed by atoms with Gasteiger partial charge in [-0.25, -0.2) is 0 Å². The van der Waals surface area contributed by atoms with Gasteiger partial charge in [0.1, 0.15) is 5.78 Å². The summed E-state index contributed by atoms with van der Waals surface area (Å²) in [4.78, 5) is 11.8. The van der Waals surface area contributed by atoms with E-state index >= 15 is 0 Å². The molecule has 0 aromatic heterocycles.